The minimum Gasteiger partial charge on any atom is -0.353 e. The molecular weight excluding hydrogens is 280 g/mol. The maximum absolute atomic E-state index is 5.94. The molecule has 1 aliphatic rings. The Hall–Kier alpha value is -1.46. The number of thiazole rings is 1. The molecule has 0 spiro atoms. The number of pyridine rings is 1. The van der Waals surface area contributed by atoms with Crippen molar-refractivity contribution in [1.82, 2.24) is 9.97 Å². The topological polar surface area (TPSA) is 55.0 Å². The van der Waals surface area contributed by atoms with Crippen LogP contribution in [-0.2, 0) is 25.9 Å². The van der Waals surface area contributed by atoms with Crippen LogP contribution in [0, 0.1) is 6.92 Å². The Bertz CT molecular complexity index is 635. The molecule has 2 aromatic rings. The quantitative estimate of drug-likeness (QED) is 0.943. The van der Waals surface area contributed by atoms with E-state index in [2.05, 4.69) is 28.4 Å². The van der Waals surface area contributed by atoms with Gasteiger partial charge in [0.25, 0.3) is 0 Å². The van der Waals surface area contributed by atoms with Gasteiger partial charge in [-0.15, -0.1) is 11.3 Å². The maximum atomic E-state index is 5.94. The molecule has 2 aromatic heterocycles. The van der Waals surface area contributed by atoms with Gasteiger partial charge in [-0.25, -0.2) is 9.97 Å². The van der Waals surface area contributed by atoms with E-state index in [9.17, 15) is 0 Å². The van der Waals surface area contributed by atoms with Gasteiger partial charge in [0.2, 0.25) is 0 Å². The average Bonchev–Trinajstić information content (AvgIpc) is 2.90. The third-order valence-electron chi connectivity index (χ3n) is 4.00. The minimum atomic E-state index is 0.538. The van der Waals surface area contributed by atoms with Crippen LogP contribution in [0.25, 0.3) is 0 Å². The second kappa shape index (κ2) is 6.12. The minimum absolute atomic E-state index is 0.538. The van der Waals surface area contributed by atoms with Gasteiger partial charge in [0.1, 0.15) is 5.82 Å². The molecule has 0 aliphatic heterocycles. The van der Waals surface area contributed by atoms with Crippen LogP contribution in [0.5, 0.6) is 0 Å². The van der Waals surface area contributed by atoms with Gasteiger partial charge < -0.3 is 10.6 Å². The highest BCUT2D eigenvalue weighted by Gasteiger charge is 2.17. The first-order valence-corrected chi connectivity index (χ1v) is 8.39. The molecule has 1 aliphatic carbocycles. The molecule has 0 amide bonds. The normalized spacial score (nSPS) is 14.0. The number of fused-ring (bicyclic) bond motifs is 1. The highest BCUT2D eigenvalue weighted by molar-refractivity contribution is 7.09. The molecule has 0 saturated heterocycles. The van der Waals surface area contributed by atoms with E-state index in [1.807, 2.05) is 6.92 Å². The highest BCUT2D eigenvalue weighted by Crippen LogP contribution is 2.27. The first-order chi connectivity index (χ1) is 10.2. The molecule has 3 rings (SSSR count). The first-order valence-electron chi connectivity index (χ1n) is 7.51. The molecule has 112 valence electrons. The van der Waals surface area contributed by atoms with Crippen LogP contribution in [0.15, 0.2) is 11.4 Å². The van der Waals surface area contributed by atoms with Crippen molar-refractivity contribution in [3.8, 4) is 0 Å². The van der Waals surface area contributed by atoms with E-state index < -0.39 is 0 Å². The van der Waals surface area contributed by atoms with Crippen LogP contribution in [-0.4, -0.2) is 17.0 Å². The van der Waals surface area contributed by atoms with E-state index >= 15 is 0 Å². The van der Waals surface area contributed by atoms with Gasteiger partial charge >= 0.3 is 0 Å². The number of aromatic nitrogens is 2. The van der Waals surface area contributed by atoms with E-state index in [-0.39, 0.29) is 0 Å². The fourth-order valence-corrected chi connectivity index (χ4v) is 3.55. The maximum Gasteiger partial charge on any atom is 0.133 e. The standard InChI is InChI=1S/C16H22N4S/c1-11-18-14(10-21-11)9-20(2)16-13(8-17)7-12-5-3-4-6-15(12)19-16/h7,10H,3-6,8-9,17H2,1-2H3. The predicted octanol–water partition coefficient (Wildman–Crippen LogP) is 2.82. The summed E-state index contributed by atoms with van der Waals surface area (Å²) in [6, 6.07) is 2.26. The SMILES string of the molecule is Cc1nc(CN(C)c2nc3c(cc2CN)CCCC3)cs1. The average molecular weight is 302 g/mol. The van der Waals surface area contributed by atoms with Gasteiger partial charge in [-0.1, -0.05) is 0 Å². The Labute approximate surface area is 130 Å². The molecule has 0 aromatic carbocycles. The lowest BCUT2D eigenvalue weighted by atomic mass is 9.94. The highest BCUT2D eigenvalue weighted by atomic mass is 32.1. The van der Waals surface area contributed by atoms with Crippen molar-refractivity contribution in [1.29, 1.82) is 0 Å². The molecule has 0 fully saturated rings. The van der Waals surface area contributed by atoms with Crippen LogP contribution >= 0.6 is 11.3 Å². The smallest absolute Gasteiger partial charge is 0.133 e. The molecule has 0 saturated carbocycles. The van der Waals surface area contributed by atoms with Crippen molar-refractivity contribution in [2.24, 2.45) is 5.73 Å². The molecule has 5 heteroatoms. The molecule has 0 unspecified atom stereocenters. The summed E-state index contributed by atoms with van der Waals surface area (Å²) in [5.41, 5.74) is 10.8. The van der Waals surface area contributed by atoms with Crippen LogP contribution in [0.1, 0.15) is 40.4 Å². The van der Waals surface area contributed by atoms with Gasteiger partial charge in [-0.05, 0) is 44.2 Å². The van der Waals surface area contributed by atoms with Crippen LogP contribution < -0.4 is 10.6 Å². The van der Waals surface area contributed by atoms with E-state index in [1.165, 1.54) is 24.1 Å². The van der Waals surface area contributed by atoms with Crippen LogP contribution in [0.2, 0.25) is 0 Å². The number of nitrogens with two attached hydrogens (primary N) is 1. The number of anilines is 1. The second-order valence-corrected chi connectivity index (χ2v) is 6.76. The van der Waals surface area contributed by atoms with E-state index in [0.29, 0.717) is 6.54 Å². The number of rotatable bonds is 4. The molecule has 0 bridgehead atoms. The number of nitrogens with zero attached hydrogens (tertiary/aromatic N) is 3. The third-order valence-corrected chi connectivity index (χ3v) is 4.83. The lowest BCUT2D eigenvalue weighted by Crippen LogP contribution is -2.22. The van der Waals surface area contributed by atoms with Crippen molar-refractivity contribution < 1.29 is 0 Å². The summed E-state index contributed by atoms with van der Waals surface area (Å²) in [5, 5.41) is 3.22. The lowest BCUT2D eigenvalue weighted by Gasteiger charge is -2.24. The van der Waals surface area contributed by atoms with E-state index in [4.69, 9.17) is 10.7 Å². The summed E-state index contributed by atoms with van der Waals surface area (Å²) in [6.07, 6.45) is 4.75. The molecule has 2 heterocycles. The molecule has 4 nitrogen and oxygen atoms in total. The van der Waals surface area contributed by atoms with Crippen molar-refractivity contribution >= 4 is 17.2 Å². The summed E-state index contributed by atoms with van der Waals surface area (Å²) in [5.74, 6) is 1.02. The zero-order valence-corrected chi connectivity index (χ0v) is 13.5. The monoisotopic (exact) mass is 302 g/mol. The second-order valence-electron chi connectivity index (χ2n) is 5.70. The molecule has 21 heavy (non-hydrogen) atoms. The fourth-order valence-electron chi connectivity index (χ4n) is 2.95. The summed E-state index contributed by atoms with van der Waals surface area (Å²) in [7, 11) is 2.07. The lowest BCUT2D eigenvalue weighted by molar-refractivity contribution is 0.663. The summed E-state index contributed by atoms with van der Waals surface area (Å²) >= 11 is 1.69. The molecule has 2 N–H and O–H groups in total. The molecule has 0 atom stereocenters. The van der Waals surface area contributed by atoms with Gasteiger partial charge in [-0.3, -0.25) is 0 Å². The number of hydrogen-bond donors (Lipinski definition) is 1. The van der Waals surface area contributed by atoms with Gasteiger partial charge in [0.15, 0.2) is 0 Å². The fraction of sp³-hybridized carbons (Fsp3) is 0.500. The van der Waals surface area contributed by atoms with Crippen molar-refractivity contribution in [3.63, 3.8) is 0 Å². The Morgan fingerprint density at radius 2 is 2.10 bits per heavy atom. The zero-order valence-electron chi connectivity index (χ0n) is 12.7. The predicted molar refractivity (Wildman–Crippen MR) is 87.7 cm³/mol. The van der Waals surface area contributed by atoms with Gasteiger partial charge in [0.05, 0.1) is 17.2 Å². The number of aryl methyl sites for hydroxylation is 3. The van der Waals surface area contributed by atoms with Gasteiger partial charge in [0, 0.05) is 30.2 Å². The Morgan fingerprint density at radius 3 is 2.81 bits per heavy atom. The Kier molecular flexibility index (Phi) is 4.22. The van der Waals surface area contributed by atoms with Crippen molar-refractivity contribution in [2.45, 2.75) is 45.7 Å². The largest absolute Gasteiger partial charge is 0.353 e. The zero-order chi connectivity index (χ0) is 14.8. The van der Waals surface area contributed by atoms with Crippen molar-refractivity contribution in [2.75, 3.05) is 11.9 Å². The summed E-state index contributed by atoms with van der Waals surface area (Å²) in [6.45, 7) is 3.36. The summed E-state index contributed by atoms with van der Waals surface area (Å²) < 4.78 is 0. The van der Waals surface area contributed by atoms with Crippen LogP contribution in [0.3, 0.4) is 0 Å². The molecular formula is C16H22N4S. The third kappa shape index (κ3) is 3.09. The van der Waals surface area contributed by atoms with Crippen molar-refractivity contribution in [3.05, 3.63) is 39.0 Å². The number of hydrogen-bond acceptors (Lipinski definition) is 5. The van der Waals surface area contributed by atoms with E-state index in [1.54, 1.807) is 11.3 Å². The Balaban J connectivity index is 1.89. The van der Waals surface area contributed by atoms with E-state index in [0.717, 1.165) is 41.5 Å². The van der Waals surface area contributed by atoms with Gasteiger partial charge in [-0.2, -0.15) is 0 Å². The van der Waals surface area contributed by atoms with Crippen LogP contribution in [0.4, 0.5) is 5.82 Å². The first kappa shape index (κ1) is 14.5. The summed E-state index contributed by atoms with van der Waals surface area (Å²) in [4.78, 5) is 11.6. The molecule has 0 radical (unpaired) electrons. The Morgan fingerprint density at radius 1 is 1.29 bits per heavy atom.